The molecule has 6 heteroatoms. The standard InChI is InChI=1S/C26H36N2O4/c1-17-13-12-16-19(31-7)20(17)28(23(29)21(27)25(2,3)4)22(18-14-10-9-11-15-18)26(5,6)24(30)32-8/h9-16,21-22H,27H2,1-8H3/t21-,22+/m1/s1. The third-order valence-electron chi connectivity index (χ3n) is 5.87. The fourth-order valence-corrected chi connectivity index (χ4v) is 3.89. The second-order valence-electron chi connectivity index (χ2n) is 9.70. The van der Waals surface area contributed by atoms with E-state index in [9.17, 15) is 9.59 Å². The monoisotopic (exact) mass is 440 g/mol. The number of carbonyl (C=O) groups is 2. The topological polar surface area (TPSA) is 81.9 Å². The van der Waals surface area contributed by atoms with Crippen LogP contribution in [0.3, 0.4) is 0 Å². The molecular weight excluding hydrogens is 404 g/mol. The van der Waals surface area contributed by atoms with Gasteiger partial charge in [-0.15, -0.1) is 0 Å². The van der Waals surface area contributed by atoms with Crippen LogP contribution in [0.4, 0.5) is 5.69 Å². The Morgan fingerprint density at radius 3 is 2.03 bits per heavy atom. The Bertz CT molecular complexity index is 948. The molecule has 0 radical (unpaired) electrons. The maximum atomic E-state index is 14.1. The van der Waals surface area contributed by atoms with Crippen molar-refractivity contribution < 1.29 is 19.1 Å². The number of nitrogens with two attached hydrogens (primary N) is 1. The van der Waals surface area contributed by atoms with E-state index in [0.29, 0.717) is 11.4 Å². The fraction of sp³-hybridized carbons (Fsp3) is 0.462. The predicted octanol–water partition coefficient (Wildman–Crippen LogP) is 4.65. The normalized spacial score (nSPS) is 13.8. The van der Waals surface area contributed by atoms with E-state index in [0.717, 1.165) is 11.1 Å². The van der Waals surface area contributed by atoms with Gasteiger partial charge in [-0.1, -0.05) is 63.2 Å². The molecule has 0 aliphatic carbocycles. The number of amides is 1. The molecule has 0 aliphatic rings. The first kappa shape index (κ1) is 25.4. The van der Waals surface area contributed by atoms with Crippen LogP contribution in [0.25, 0.3) is 0 Å². The minimum absolute atomic E-state index is 0.295. The Hall–Kier alpha value is -2.86. The largest absolute Gasteiger partial charge is 0.495 e. The average Bonchev–Trinajstić information content (AvgIpc) is 2.75. The zero-order valence-electron chi connectivity index (χ0n) is 20.4. The highest BCUT2D eigenvalue weighted by atomic mass is 16.5. The number of para-hydroxylation sites is 1. The molecule has 0 unspecified atom stereocenters. The molecule has 1 amide bonds. The summed E-state index contributed by atoms with van der Waals surface area (Å²) in [4.78, 5) is 28.7. The maximum absolute atomic E-state index is 14.1. The number of ether oxygens (including phenoxy) is 2. The number of nitrogens with zero attached hydrogens (tertiary/aromatic N) is 1. The zero-order chi connectivity index (χ0) is 24.3. The minimum atomic E-state index is -1.09. The van der Waals surface area contributed by atoms with Gasteiger partial charge < -0.3 is 15.2 Å². The van der Waals surface area contributed by atoms with Crippen LogP contribution in [0.1, 0.15) is 51.8 Å². The maximum Gasteiger partial charge on any atom is 0.313 e. The number of anilines is 1. The summed E-state index contributed by atoms with van der Waals surface area (Å²) in [5, 5.41) is 0. The highest BCUT2D eigenvalue weighted by molar-refractivity contribution is 6.01. The summed E-state index contributed by atoms with van der Waals surface area (Å²) >= 11 is 0. The Morgan fingerprint density at radius 2 is 1.53 bits per heavy atom. The van der Waals surface area contributed by atoms with Gasteiger partial charge in [0.05, 0.1) is 37.4 Å². The SMILES string of the molecule is COC(=O)C(C)(C)[C@H](c1ccccc1)N(C(=O)[C@@H](N)C(C)(C)C)c1c(C)cccc1OC. The van der Waals surface area contributed by atoms with Crippen molar-refractivity contribution in [2.45, 2.75) is 53.6 Å². The summed E-state index contributed by atoms with van der Waals surface area (Å²) in [6.07, 6.45) is 0. The lowest BCUT2D eigenvalue weighted by molar-refractivity contribution is -0.152. The summed E-state index contributed by atoms with van der Waals surface area (Å²) in [6.45, 7) is 11.2. The molecule has 32 heavy (non-hydrogen) atoms. The lowest BCUT2D eigenvalue weighted by Crippen LogP contribution is -2.55. The molecular formula is C26H36N2O4. The molecule has 0 bridgehead atoms. The van der Waals surface area contributed by atoms with E-state index in [1.54, 1.807) is 31.9 Å². The molecule has 0 aliphatic heterocycles. The van der Waals surface area contributed by atoms with E-state index in [4.69, 9.17) is 15.2 Å². The number of hydrogen-bond donors (Lipinski definition) is 1. The van der Waals surface area contributed by atoms with Crippen molar-refractivity contribution in [1.29, 1.82) is 0 Å². The minimum Gasteiger partial charge on any atom is -0.495 e. The van der Waals surface area contributed by atoms with Crippen LogP contribution >= 0.6 is 0 Å². The molecule has 0 spiro atoms. The molecule has 2 rings (SSSR count). The number of hydrogen-bond acceptors (Lipinski definition) is 5. The van der Waals surface area contributed by atoms with Crippen molar-refractivity contribution in [3.63, 3.8) is 0 Å². The van der Waals surface area contributed by atoms with Crippen LogP contribution in [0.5, 0.6) is 5.75 Å². The zero-order valence-corrected chi connectivity index (χ0v) is 20.4. The van der Waals surface area contributed by atoms with Crippen molar-refractivity contribution in [3.05, 3.63) is 59.7 Å². The highest BCUT2D eigenvalue weighted by Crippen LogP contribution is 2.46. The molecule has 2 N–H and O–H groups in total. The van der Waals surface area contributed by atoms with Gasteiger partial charge in [-0.3, -0.25) is 14.5 Å². The first-order valence-electron chi connectivity index (χ1n) is 10.7. The Labute approximate surface area is 191 Å². The molecule has 0 aromatic heterocycles. The second-order valence-corrected chi connectivity index (χ2v) is 9.70. The molecule has 6 nitrogen and oxygen atoms in total. The first-order chi connectivity index (χ1) is 14.9. The number of rotatable bonds is 7. The quantitative estimate of drug-likeness (QED) is 0.634. The molecule has 0 heterocycles. The Kier molecular flexibility index (Phi) is 7.73. The summed E-state index contributed by atoms with van der Waals surface area (Å²) in [6, 6.07) is 13.6. The molecule has 0 fully saturated rings. The van der Waals surface area contributed by atoms with Gasteiger partial charge in [-0.05, 0) is 43.4 Å². The van der Waals surface area contributed by atoms with Gasteiger partial charge in [-0.25, -0.2) is 0 Å². The molecule has 2 atom stereocenters. The molecule has 174 valence electrons. The molecule has 2 aromatic rings. The summed E-state index contributed by atoms with van der Waals surface area (Å²) in [5.74, 6) is -0.196. The van der Waals surface area contributed by atoms with Gasteiger partial charge in [0.15, 0.2) is 0 Å². The fourth-order valence-electron chi connectivity index (χ4n) is 3.89. The lowest BCUT2D eigenvalue weighted by Gasteiger charge is -2.44. The predicted molar refractivity (Wildman–Crippen MR) is 128 cm³/mol. The number of methoxy groups -OCH3 is 2. The van der Waals surface area contributed by atoms with Gasteiger partial charge in [0.1, 0.15) is 5.75 Å². The number of carbonyl (C=O) groups excluding carboxylic acids is 2. The van der Waals surface area contributed by atoms with Crippen molar-refractivity contribution in [2.24, 2.45) is 16.6 Å². The number of benzene rings is 2. The summed E-state index contributed by atoms with van der Waals surface area (Å²) in [7, 11) is 2.92. The number of aryl methyl sites for hydroxylation is 1. The molecule has 0 saturated carbocycles. The van der Waals surface area contributed by atoms with E-state index in [1.165, 1.54) is 7.11 Å². The van der Waals surface area contributed by atoms with Gasteiger partial charge in [0, 0.05) is 0 Å². The first-order valence-corrected chi connectivity index (χ1v) is 10.7. The van der Waals surface area contributed by atoms with Gasteiger partial charge >= 0.3 is 5.97 Å². The third-order valence-corrected chi connectivity index (χ3v) is 5.87. The summed E-state index contributed by atoms with van der Waals surface area (Å²) in [5.41, 5.74) is 7.13. The number of esters is 1. The Balaban J connectivity index is 2.91. The van der Waals surface area contributed by atoms with Gasteiger partial charge in [0.25, 0.3) is 0 Å². The van der Waals surface area contributed by atoms with E-state index >= 15 is 0 Å². The molecule has 2 aromatic carbocycles. The van der Waals surface area contributed by atoms with Crippen LogP contribution in [0, 0.1) is 17.8 Å². The van der Waals surface area contributed by atoms with Crippen LogP contribution in [-0.4, -0.2) is 32.1 Å². The Morgan fingerprint density at radius 1 is 0.938 bits per heavy atom. The van der Waals surface area contributed by atoms with E-state index in [2.05, 4.69) is 0 Å². The van der Waals surface area contributed by atoms with Crippen LogP contribution < -0.4 is 15.4 Å². The molecule has 0 saturated heterocycles. The lowest BCUT2D eigenvalue weighted by atomic mass is 9.77. The van der Waals surface area contributed by atoms with Crippen molar-refractivity contribution >= 4 is 17.6 Å². The van der Waals surface area contributed by atoms with E-state index in [-0.39, 0.29) is 5.91 Å². The van der Waals surface area contributed by atoms with E-state index in [1.807, 2.05) is 70.2 Å². The third kappa shape index (κ3) is 4.96. The van der Waals surface area contributed by atoms with Gasteiger partial charge in [-0.2, -0.15) is 0 Å². The van der Waals surface area contributed by atoms with Gasteiger partial charge in [0.2, 0.25) is 5.91 Å². The van der Waals surface area contributed by atoms with Crippen molar-refractivity contribution in [1.82, 2.24) is 0 Å². The highest BCUT2D eigenvalue weighted by Gasteiger charge is 2.47. The summed E-state index contributed by atoms with van der Waals surface area (Å²) < 4.78 is 10.8. The van der Waals surface area contributed by atoms with Crippen molar-refractivity contribution in [2.75, 3.05) is 19.1 Å². The average molecular weight is 441 g/mol. The van der Waals surface area contributed by atoms with Crippen LogP contribution in [0.15, 0.2) is 48.5 Å². The van der Waals surface area contributed by atoms with Crippen molar-refractivity contribution in [3.8, 4) is 5.75 Å². The second kappa shape index (κ2) is 9.74. The van der Waals surface area contributed by atoms with Crippen LogP contribution in [-0.2, 0) is 14.3 Å². The smallest absolute Gasteiger partial charge is 0.313 e. The van der Waals surface area contributed by atoms with Crippen LogP contribution in [0.2, 0.25) is 0 Å². The van der Waals surface area contributed by atoms with E-state index < -0.39 is 28.9 Å².